The van der Waals surface area contributed by atoms with E-state index in [0.717, 1.165) is 25.7 Å². The van der Waals surface area contributed by atoms with Crippen LogP contribution in [0.5, 0.6) is 0 Å². The van der Waals surface area contributed by atoms with Crippen molar-refractivity contribution in [1.29, 1.82) is 0 Å². The molecule has 2 unspecified atom stereocenters. The lowest BCUT2D eigenvalue weighted by atomic mass is 9.49. The van der Waals surface area contributed by atoms with Gasteiger partial charge >= 0.3 is 6.09 Å². The monoisotopic (exact) mass is 446 g/mol. The van der Waals surface area contributed by atoms with Crippen molar-refractivity contribution in [2.75, 3.05) is 0 Å². The number of nitrogens with one attached hydrogen (secondary N) is 1. The lowest BCUT2D eigenvalue weighted by molar-refractivity contribution is 0.0230. The van der Waals surface area contributed by atoms with Crippen molar-refractivity contribution in [3.63, 3.8) is 0 Å². The number of hydrogen-bond acceptors (Lipinski definition) is 3. The number of fused-ring (bicyclic) bond motifs is 5. The summed E-state index contributed by atoms with van der Waals surface area (Å²) in [6.45, 7) is 10.9. The second-order valence-corrected chi connectivity index (χ2v) is 12.1. The fraction of sp³-hybridized carbons (Fsp3) is 0.586. The summed E-state index contributed by atoms with van der Waals surface area (Å²) in [6, 6.07) is 4.24. The molecule has 0 aromatic carbocycles. The smallest absolute Gasteiger partial charge is 0.407 e. The van der Waals surface area contributed by atoms with Crippen LogP contribution in [-0.4, -0.2) is 22.7 Å². The van der Waals surface area contributed by atoms with Crippen LogP contribution in [0.3, 0.4) is 0 Å². The van der Waals surface area contributed by atoms with Gasteiger partial charge in [0.2, 0.25) is 0 Å². The molecular weight excluding hydrogens is 408 g/mol. The molecule has 1 heterocycles. The number of hydrogen-bond donors (Lipinski definition) is 1. The highest BCUT2D eigenvalue weighted by atomic mass is 16.6. The van der Waals surface area contributed by atoms with Gasteiger partial charge in [0.25, 0.3) is 0 Å². The van der Waals surface area contributed by atoms with Gasteiger partial charge in [-0.1, -0.05) is 49.3 Å². The lowest BCUT2D eigenvalue weighted by Gasteiger charge is -2.56. The molecule has 0 bridgehead atoms. The Hall–Kier alpha value is -2.36. The zero-order valence-electron chi connectivity index (χ0n) is 20.8. The maximum Gasteiger partial charge on any atom is 0.407 e. The van der Waals surface area contributed by atoms with Gasteiger partial charge in [0.1, 0.15) is 6.10 Å². The summed E-state index contributed by atoms with van der Waals surface area (Å²) in [4.78, 5) is 16.7. The van der Waals surface area contributed by atoms with Crippen LogP contribution in [0.2, 0.25) is 0 Å². The van der Waals surface area contributed by atoms with Crippen molar-refractivity contribution in [2.45, 2.75) is 84.8 Å². The van der Waals surface area contributed by atoms with E-state index < -0.39 is 0 Å². The first-order valence-electron chi connectivity index (χ1n) is 12.6. The molecule has 0 saturated heterocycles. The molecule has 4 nitrogen and oxygen atoms in total. The van der Waals surface area contributed by atoms with E-state index in [0.29, 0.717) is 11.8 Å². The van der Waals surface area contributed by atoms with E-state index in [9.17, 15) is 4.79 Å². The Kier molecular flexibility index (Phi) is 5.34. The van der Waals surface area contributed by atoms with Crippen molar-refractivity contribution < 1.29 is 9.53 Å². The molecule has 0 aliphatic heterocycles. The molecule has 0 radical (unpaired) electrons. The van der Waals surface area contributed by atoms with Crippen LogP contribution in [0.4, 0.5) is 4.79 Å². The van der Waals surface area contributed by atoms with Crippen LogP contribution in [0.1, 0.15) is 78.7 Å². The average molecular weight is 447 g/mol. The first-order valence-corrected chi connectivity index (χ1v) is 12.6. The van der Waals surface area contributed by atoms with Crippen LogP contribution in [0, 0.1) is 22.7 Å². The van der Waals surface area contributed by atoms with E-state index in [4.69, 9.17) is 4.74 Å². The maximum absolute atomic E-state index is 12.3. The summed E-state index contributed by atoms with van der Waals surface area (Å²) in [5.74, 6) is 1.27. The van der Waals surface area contributed by atoms with E-state index in [-0.39, 0.29) is 28.6 Å². The van der Waals surface area contributed by atoms with Gasteiger partial charge in [0.15, 0.2) is 0 Å². The zero-order chi connectivity index (χ0) is 23.4. The minimum atomic E-state index is -0.288. The van der Waals surface area contributed by atoms with E-state index >= 15 is 0 Å². The summed E-state index contributed by atoms with van der Waals surface area (Å²) < 4.78 is 5.83. The number of carbonyl (C=O) groups is 1. The second-order valence-electron chi connectivity index (χ2n) is 12.1. The molecule has 2 fully saturated rings. The molecule has 5 atom stereocenters. The van der Waals surface area contributed by atoms with Gasteiger partial charge in [-0.25, -0.2) is 4.79 Å². The average Bonchev–Trinajstić information content (AvgIpc) is 3.10. The lowest BCUT2D eigenvalue weighted by Crippen LogP contribution is -2.48. The molecule has 4 aliphatic carbocycles. The molecule has 4 heteroatoms. The molecule has 2 saturated carbocycles. The third-order valence-corrected chi connectivity index (χ3v) is 8.83. The van der Waals surface area contributed by atoms with Gasteiger partial charge < -0.3 is 10.1 Å². The second kappa shape index (κ2) is 7.85. The Morgan fingerprint density at radius 1 is 1.18 bits per heavy atom. The number of aromatic nitrogens is 1. The van der Waals surface area contributed by atoms with E-state index in [1.165, 1.54) is 29.6 Å². The fourth-order valence-corrected chi connectivity index (χ4v) is 7.16. The van der Waals surface area contributed by atoms with Gasteiger partial charge in [-0.2, -0.15) is 0 Å². The Labute approximate surface area is 198 Å². The predicted octanol–water partition coefficient (Wildman–Crippen LogP) is 6.85. The van der Waals surface area contributed by atoms with Crippen LogP contribution in [0.15, 0.2) is 53.9 Å². The molecule has 1 aromatic heterocycles. The third kappa shape index (κ3) is 3.86. The highest BCUT2D eigenvalue weighted by Gasteiger charge is 2.54. The summed E-state index contributed by atoms with van der Waals surface area (Å²) in [5, 5.41) is 2.94. The first-order chi connectivity index (χ1) is 15.6. The minimum absolute atomic E-state index is 0.0124. The van der Waals surface area contributed by atoms with Crippen LogP contribution < -0.4 is 5.32 Å². The highest BCUT2D eigenvalue weighted by molar-refractivity contribution is 5.78. The Balaban J connectivity index is 1.33. The Morgan fingerprint density at radius 3 is 2.73 bits per heavy atom. The van der Waals surface area contributed by atoms with Crippen LogP contribution >= 0.6 is 0 Å². The first kappa shape index (κ1) is 22.4. The molecule has 1 N–H and O–H groups in total. The Bertz CT molecular complexity index is 1030. The van der Waals surface area contributed by atoms with Crippen molar-refractivity contribution >= 4 is 11.7 Å². The van der Waals surface area contributed by atoms with Crippen molar-refractivity contribution in [3.8, 4) is 0 Å². The van der Waals surface area contributed by atoms with E-state index in [1.54, 1.807) is 5.57 Å². The number of pyridine rings is 1. The molecule has 1 aromatic rings. The normalized spacial score (nSPS) is 35.3. The highest BCUT2D eigenvalue weighted by Crippen LogP contribution is 2.64. The number of alkyl carbamates (subject to hydrolysis) is 1. The number of allylic oxidation sites excluding steroid dienone is 5. The number of nitrogens with zero attached hydrogens (tertiary/aromatic N) is 1. The van der Waals surface area contributed by atoms with Crippen molar-refractivity contribution in [1.82, 2.24) is 10.3 Å². The largest absolute Gasteiger partial charge is 0.446 e. The van der Waals surface area contributed by atoms with Gasteiger partial charge in [-0.3, -0.25) is 4.98 Å². The number of ether oxygens (including phenoxy) is 1. The van der Waals surface area contributed by atoms with Crippen molar-refractivity contribution in [2.24, 2.45) is 22.7 Å². The van der Waals surface area contributed by atoms with Crippen molar-refractivity contribution in [3.05, 3.63) is 59.5 Å². The van der Waals surface area contributed by atoms with E-state index in [1.807, 2.05) is 39.2 Å². The predicted molar refractivity (Wildman–Crippen MR) is 132 cm³/mol. The molecule has 33 heavy (non-hydrogen) atoms. The summed E-state index contributed by atoms with van der Waals surface area (Å²) in [7, 11) is 0. The number of amides is 1. The SMILES string of the molecule is CC(C)(C)NC(=O)O[C@H]1CC[C@@]2(C)C(=CCC3C4=CC=C(c5cccnc5)[C@@]4(C)CCC32)C1. The fourth-order valence-electron chi connectivity index (χ4n) is 7.16. The molecule has 4 aliphatic rings. The standard InChI is InChI=1S/C29H38N2O2/c1-27(2,3)31-26(32)33-21-12-14-28(4)20(17-21)8-9-22-24-11-10-23(19-7-6-16-30-18-19)29(24,5)15-13-25(22)28/h6-8,10-11,16,18,21-22,25H,9,12-15,17H2,1-5H3,(H,31,32)/t21-,22?,25?,28-,29+/m0/s1. The molecule has 1 amide bonds. The molecule has 5 rings (SSSR count). The number of carbonyl (C=O) groups excluding carboxylic acids is 1. The topological polar surface area (TPSA) is 51.2 Å². The molecular formula is C29H38N2O2. The molecule has 0 spiro atoms. The van der Waals surface area contributed by atoms with Gasteiger partial charge in [-0.05, 0) is 87.3 Å². The van der Waals surface area contributed by atoms with Crippen LogP contribution in [-0.2, 0) is 4.74 Å². The van der Waals surface area contributed by atoms with Gasteiger partial charge in [0.05, 0.1) is 0 Å². The zero-order valence-corrected chi connectivity index (χ0v) is 20.8. The van der Waals surface area contributed by atoms with E-state index in [2.05, 4.69) is 48.4 Å². The molecule has 176 valence electrons. The van der Waals surface area contributed by atoms with Gasteiger partial charge in [0, 0.05) is 29.8 Å². The minimum Gasteiger partial charge on any atom is -0.446 e. The Morgan fingerprint density at radius 2 is 2.00 bits per heavy atom. The summed E-state index contributed by atoms with van der Waals surface area (Å²) in [5.41, 5.74) is 5.90. The maximum atomic E-state index is 12.3. The van der Waals surface area contributed by atoms with Crippen LogP contribution in [0.25, 0.3) is 5.57 Å². The quantitative estimate of drug-likeness (QED) is 0.505. The third-order valence-electron chi connectivity index (χ3n) is 8.83. The van der Waals surface area contributed by atoms with Gasteiger partial charge in [-0.15, -0.1) is 0 Å². The number of rotatable bonds is 2. The summed E-state index contributed by atoms with van der Waals surface area (Å²) in [6.07, 6.45) is 17.3. The summed E-state index contributed by atoms with van der Waals surface area (Å²) >= 11 is 0.